The Morgan fingerprint density at radius 1 is 1.14 bits per heavy atom. The number of nitrogens with one attached hydrogen (secondary N) is 1. The van der Waals surface area contributed by atoms with E-state index in [9.17, 15) is 14.7 Å². The maximum Gasteiger partial charge on any atom is 0.254 e. The van der Waals surface area contributed by atoms with E-state index in [0.29, 0.717) is 22.3 Å². The molecule has 1 saturated heterocycles. The van der Waals surface area contributed by atoms with Gasteiger partial charge in [0.1, 0.15) is 5.75 Å². The van der Waals surface area contributed by atoms with Gasteiger partial charge in [-0.2, -0.15) is 0 Å². The molecule has 0 aliphatic carbocycles. The molecule has 5 N–H and O–H groups in total. The van der Waals surface area contributed by atoms with Gasteiger partial charge in [-0.25, -0.2) is 0 Å². The first kappa shape index (κ1) is 20.2. The second kappa shape index (κ2) is 8.64. The zero-order valence-electron chi connectivity index (χ0n) is 16.2. The fourth-order valence-electron chi connectivity index (χ4n) is 3.36. The van der Waals surface area contributed by atoms with Crippen LogP contribution in [0.3, 0.4) is 0 Å². The molecule has 2 aromatic carbocycles. The molecule has 0 atom stereocenters. The van der Waals surface area contributed by atoms with Crippen molar-refractivity contribution in [3.05, 3.63) is 64.2 Å². The van der Waals surface area contributed by atoms with E-state index in [1.54, 1.807) is 18.2 Å². The van der Waals surface area contributed by atoms with Gasteiger partial charge in [-0.05, 0) is 61.7 Å². The van der Waals surface area contributed by atoms with Crippen molar-refractivity contribution in [1.29, 1.82) is 0 Å². The lowest BCUT2D eigenvalue weighted by molar-refractivity contribution is 0.0791. The fourth-order valence-corrected chi connectivity index (χ4v) is 3.36. The second-order valence-electron chi connectivity index (χ2n) is 7.04. The van der Waals surface area contributed by atoms with Crippen molar-refractivity contribution < 1.29 is 19.9 Å². The van der Waals surface area contributed by atoms with Crippen LogP contribution in [0.25, 0.3) is 0 Å². The van der Waals surface area contributed by atoms with E-state index in [-0.39, 0.29) is 29.9 Å². The monoisotopic (exact) mass is 396 g/mol. The number of phenols is 1. The van der Waals surface area contributed by atoms with Gasteiger partial charge in [0.15, 0.2) is 5.84 Å². The van der Waals surface area contributed by atoms with Crippen molar-refractivity contribution in [2.24, 2.45) is 10.9 Å². The highest BCUT2D eigenvalue weighted by molar-refractivity contribution is 5.99. The molecule has 3 rings (SSSR count). The average Bonchev–Trinajstić information content (AvgIpc) is 3.26. The molecule has 1 heterocycles. The Kier molecular flexibility index (Phi) is 6.01. The van der Waals surface area contributed by atoms with Crippen molar-refractivity contribution in [2.75, 3.05) is 13.1 Å². The number of hydrogen-bond donors (Lipinski definition) is 4. The molecule has 29 heavy (non-hydrogen) atoms. The molecule has 8 heteroatoms. The molecular formula is C21H24N4O4. The topological polar surface area (TPSA) is 128 Å². The maximum absolute atomic E-state index is 12.6. The van der Waals surface area contributed by atoms with Crippen LogP contribution < -0.4 is 11.1 Å². The third kappa shape index (κ3) is 4.48. The van der Waals surface area contributed by atoms with Crippen LogP contribution in [-0.4, -0.2) is 46.0 Å². The van der Waals surface area contributed by atoms with Gasteiger partial charge in [0, 0.05) is 41.9 Å². The number of carbonyl (C=O) groups excluding carboxylic acids is 2. The molecule has 8 nitrogen and oxygen atoms in total. The van der Waals surface area contributed by atoms with Crippen molar-refractivity contribution in [3.63, 3.8) is 0 Å². The van der Waals surface area contributed by atoms with E-state index in [0.717, 1.165) is 31.5 Å². The normalized spacial score (nSPS) is 14.1. The van der Waals surface area contributed by atoms with Crippen LogP contribution in [0.5, 0.6) is 5.75 Å². The molecule has 1 aliphatic heterocycles. The molecule has 0 unspecified atom stereocenters. The highest BCUT2D eigenvalue weighted by Crippen LogP contribution is 2.20. The fraction of sp³-hybridized carbons (Fsp3) is 0.286. The van der Waals surface area contributed by atoms with Gasteiger partial charge in [-0.1, -0.05) is 5.16 Å². The summed E-state index contributed by atoms with van der Waals surface area (Å²) < 4.78 is 0. The molecule has 1 fully saturated rings. The molecule has 0 saturated carbocycles. The van der Waals surface area contributed by atoms with Crippen LogP contribution in [0, 0.1) is 6.92 Å². The molecule has 0 radical (unpaired) electrons. The number of benzene rings is 2. The lowest BCUT2D eigenvalue weighted by atomic mass is 10.0. The SMILES string of the molecule is Cc1cc(C(=O)NCc2cc(C(N)=NO)ccc2O)ccc1C(=O)N1CCCC1. The number of aryl methyl sites for hydroxylation is 1. The molecule has 0 spiro atoms. The predicted molar refractivity (Wildman–Crippen MR) is 108 cm³/mol. The molecule has 2 aromatic rings. The van der Waals surface area contributed by atoms with Gasteiger partial charge in [0.05, 0.1) is 0 Å². The van der Waals surface area contributed by atoms with Crippen molar-refractivity contribution >= 4 is 17.6 Å². The summed E-state index contributed by atoms with van der Waals surface area (Å²) in [5.74, 6) is -0.437. The van der Waals surface area contributed by atoms with Gasteiger partial charge < -0.3 is 26.3 Å². The van der Waals surface area contributed by atoms with E-state index in [2.05, 4.69) is 10.5 Å². The van der Waals surface area contributed by atoms with E-state index in [1.807, 2.05) is 11.8 Å². The van der Waals surface area contributed by atoms with Crippen LogP contribution in [0.2, 0.25) is 0 Å². The van der Waals surface area contributed by atoms with E-state index in [4.69, 9.17) is 10.9 Å². The van der Waals surface area contributed by atoms with Gasteiger partial charge >= 0.3 is 0 Å². The molecule has 2 amide bonds. The number of amides is 2. The zero-order valence-corrected chi connectivity index (χ0v) is 16.2. The predicted octanol–water partition coefficient (Wildman–Crippen LogP) is 1.96. The zero-order chi connectivity index (χ0) is 21.0. The average molecular weight is 396 g/mol. The third-order valence-corrected chi connectivity index (χ3v) is 5.03. The summed E-state index contributed by atoms with van der Waals surface area (Å²) in [6, 6.07) is 9.45. The number of nitrogens with two attached hydrogens (primary N) is 1. The minimum atomic E-state index is -0.332. The standard InChI is InChI=1S/C21H24N4O4/c1-13-10-15(4-6-17(13)21(28)25-8-2-3-9-25)20(27)23-12-16-11-14(19(22)24-29)5-7-18(16)26/h4-7,10-11,26,29H,2-3,8-9,12H2,1H3,(H2,22,24)(H,23,27). The number of rotatable bonds is 5. The van der Waals surface area contributed by atoms with Crippen LogP contribution in [0.1, 0.15) is 50.2 Å². The number of aromatic hydroxyl groups is 1. The Bertz CT molecular complexity index is 965. The van der Waals surface area contributed by atoms with Crippen molar-refractivity contribution in [2.45, 2.75) is 26.3 Å². The Hall–Kier alpha value is -3.55. The Morgan fingerprint density at radius 3 is 2.48 bits per heavy atom. The van der Waals surface area contributed by atoms with Crippen LogP contribution in [0.15, 0.2) is 41.6 Å². The van der Waals surface area contributed by atoms with Crippen LogP contribution in [-0.2, 0) is 6.54 Å². The summed E-state index contributed by atoms with van der Waals surface area (Å²) >= 11 is 0. The first-order valence-corrected chi connectivity index (χ1v) is 9.38. The Morgan fingerprint density at radius 2 is 1.83 bits per heavy atom. The minimum Gasteiger partial charge on any atom is -0.508 e. The third-order valence-electron chi connectivity index (χ3n) is 5.03. The number of likely N-dealkylation sites (tertiary alicyclic amines) is 1. The van der Waals surface area contributed by atoms with Crippen molar-refractivity contribution in [1.82, 2.24) is 10.2 Å². The summed E-state index contributed by atoms with van der Waals surface area (Å²) in [5, 5.41) is 24.4. The number of carbonyl (C=O) groups is 2. The second-order valence-corrected chi connectivity index (χ2v) is 7.04. The lowest BCUT2D eigenvalue weighted by Crippen LogP contribution is -2.28. The van der Waals surface area contributed by atoms with E-state index < -0.39 is 0 Å². The number of hydrogen-bond acceptors (Lipinski definition) is 5. The molecular weight excluding hydrogens is 372 g/mol. The molecule has 0 aromatic heterocycles. The Balaban J connectivity index is 1.70. The van der Waals surface area contributed by atoms with Gasteiger partial charge in [-0.3, -0.25) is 9.59 Å². The first-order valence-electron chi connectivity index (χ1n) is 9.38. The Labute approximate surface area is 168 Å². The van der Waals surface area contributed by atoms with Crippen LogP contribution >= 0.6 is 0 Å². The van der Waals surface area contributed by atoms with E-state index >= 15 is 0 Å². The first-order chi connectivity index (χ1) is 13.9. The molecule has 152 valence electrons. The van der Waals surface area contributed by atoms with Crippen LogP contribution in [0.4, 0.5) is 0 Å². The molecule has 0 bridgehead atoms. The summed E-state index contributed by atoms with van der Waals surface area (Å²) in [6.45, 7) is 3.42. The largest absolute Gasteiger partial charge is 0.508 e. The lowest BCUT2D eigenvalue weighted by Gasteiger charge is -2.17. The van der Waals surface area contributed by atoms with Gasteiger partial charge in [0.25, 0.3) is 11.8 Å². The summed E-state index contributed by atoms with van der Waals surface area (Å²) in [5.41, 5.74) is 8.19. The number of nitrogens with zero attached hydrogens (tertiary/aromatic N) is 2. The number of oxime groups is 1. The quantitative estimate of drug-likeness (QED) is 0.266. The van der Waals surface area contributed by atoms with Gasteiger partial charge in [-0.15, -0.1) is 0 Å². The van der Waals surface area contributed by atoms with Gasteiger partial charge in [0.2, 0.25) is 0 Å². The summed E-state index contributed by atoms with van der Waals surface area (Å²) in [7, 11) is 0. The highest BCUT2D eigenvalue weighted by Gasteiger charge is 2.21. The maximum atomic E-state index is 12.6. The summed E-state index contributed by atoms with van der Waals surface area (Å²) in [6.07, 6.45) is 2.05. The minimum absolute atomic E-state index is 0.00293. The van der Waals surface area contributed by atoms with Crippen molar-refractivity contribution in [3.8, 4) is 5.75 Å². The summed E-state index contributed by atoms with van der Waals surface area (Å²) in [4.78, 5) is 26.9. The highest BCUT2D eigenvalue weighted by atomic mass is 16.4. The number of phenolic OH excluding ortho intramolecular Hbond substituents is 1. The smallest absolute Gasteiger partial charge is 0.254 e. The number of amidine groups is 1. The molecule has 1 aliphatic rings. The van der Waals surface area contributed by atoms with E-state index in [1.165, 1.54) is 18.2 Å².